The number of thiophene rings is 1. The van der Waals surface area contributed by atoms with Gasteiger partial charge in [0.05, 0.1) is 4.34 Å². The van der Waals surface area contributed by atoms with Gasteiger partial charge in [-0.3, -0.25) is 14.9 Å². The fourth-order valence-electron chi connectivity index (χ4n) is 1.03. The second-order valence-electron chi connectivity index (χ2n) is 2.59. The summed E-state index contributed by atoms with van der Waals surface area (Å²) < 4.78 is 1.09. The molecular formula is C7H3Cl2N3OS2. The number of nitrogens with one attached hydrogen (secondary N) is 2. The molecule has 0 aromatic carbocycles. The lowest BCUT2D eigenvalue weighted by atomic mass is 10.2. The Morgan fingerprint density at radius 1 is 1.47 bits per heavy atom. The highest BCUT2D eigenvalue weighted by Gasteiger charge is 2.13. The molecule has 2 N–H and O–H groups in total. The average Bonchev–Trinajstić information content (AvgIpc) is 2.45. The number of hydrogen-bond donors (Lipinski definition) is 2. The SMILES string of the molecule is O=c1[nH]c(=S)[nH]nc1-c1cc(Cl)sc1Cl. The first-order valence-electron chi connectivity index (χ1n) is 3.72. The molecule has 15 heavy (non-hydrogen) atoms. The number of nitrogens with zero attached hydrogens (tertiary/aromatic N) is 1. The van der Waals surface area contributed by atoms with E-state index in [4.69, 9.17) is 35.4 Å². The Kier molecular flexibility index (Phi) is 2.92. The van der Waals surface area contributed by atoms with Gasteiger partial charge in [0.15, 0.2) is 10.5 Å². The van der Waals surface area contributed by atoms with Gasteiger partial charge in [0.1, 0.15) is 4.34 Å². The third kappa shape index (κ3) is 2.12. The maximum absolute atomic E-state index is 11.5. The summed E-state index contributed by atoms with van der Waals surface area (Å²) in [7, 11) is 0. The van der Waals surface area contributed by atoms with Gasteiger partial charge in [0.2, 0.25) is 0 Å². The number of halogens is 2. The third-order valence-corrected chi connectivity index (χ3v) is 3.30. The zero-order valence-electron chi connectivity index (χ0n) is 7.01. The first-order chi connectivity index (χ1) is 7.08. The van der Waals surface area contributed by atoms with Crippen LogP contribution in [0.15, 0.2) is 10.9 Å². The number of hydrogen-bond acceptors (Lipinski definition) is 4. The first-order valence-corrected chi connectivity index (χ1v) is 5.70. The van der Waals surface area contributed by atoms with Crippen molar-refractivity contribution in [2.75, 3.05) is 0 Å². The molecular weight excluding hydrogens is 277 g/mol. The molecule has 0 unspecified atom stereocenters. The minimum atomic E-state index is -0.393. The van der Waals surface area contributed by atoms with Crippen LogP contribution in [0.25, 0.3) is 11.3 Å². The molecule has 0 saturated carbocycles. The Balaban J connectivity index is 2.69. The summed E-state index contributed by atoms with van der Waals surface area (Å²) in [4.78, 5) is 13.9. The van der Waals surface area contributed by atoms with Crippen molar-refractivity contribution in [3.05, 3.63) is 29.9 Å². The number of H-pyrrole nitrogens is 2. The molecule has 2 heterocycles. The van der Waals surface area contributed by atoms with Gasteiger partial charge in [0, 0.05) is 5.56 Å². The van der Waals surface area contributed by atoms with Crippen LogP contribution in [-0.2, 0) is 0 Å². The number of aromatic nitrogens is 3. The van der Waals surface area contributed by atoms with Crippen molar-refractivity contribution in [2.24, 2.45) is 0 Å². The summed E-state index contributed by atoms with van der Waals surface area (Å²) >= 11 is 17.5. The lowest BCUT2D eigenvalue weighted by Crippen LogP contribution is -2.12. The van der Waals surface area contributed by atoms with Crippen molar-refractivity contribution >= 4 is 46.8 Å². The summed E-state index contributed by atoms with van der Waals surface area (Å²) in [6.45, 7) is 0. The molecule has 0 fully saturated rings. The predicted molar refractivity (Wildman–Crippen MR) is 63.4 cm³/mol. The van der Waals surface area contributed by atoms with Crippen molar-refractivity contribution in [1.29, 1.82) is 0 Å². The normalized spacial score (nSPS) is 10.5. The van der Waals surface area contributed by atoms with Crippen LogP contribution >= 0.6 is 46.8 Å². The molecule has 0 radical (unpaired) electrons. The molecule has 0 spiro atoms. The quantitative estimate of drug-likeness (QED) is 0.789. The first kappa shape index (κ1) is 10.8. The van der Waals surface area contributed by atoms with Crippen molar-refractivity contribution in [2.45, 2.75) is 0 Å². The standard InChI is InChI=1S/C7H3Cl2N3OS2/c8-3-1-2(5(9)15-3)4-6(13)10-7(14)12-11-4/h1H,(H2,10,12,13,14). The van der Waals surface area contributed by atoms with Gasteiger partial charge in [0.25, 0.3) is 5.56 Å². The zero-order valence-corrected chi connectivity index (χ0v) is 10.2. The molecule has 4 nitrogen and oxygen atoms in total. The average molecular weight is 280 g/mol. The molecule has 0 aliphatic heterocycles. The maximum Gasteiger partial charge on any atom is 0.278 e. The monoisotopic (exact) mass is 279 g/mol. The molecule has 0 amide bonds. The highest BCUT2D eigenvalue weighted by Crippen LogP contribution is 2.35. The minimum Gasteiger partial charge on any atom is -0.296 e. The molecule has 2 aromatic rings. The van der Waals surface area contributed by atoms with E-state index in [-0.39, 0.29) is 10.5 Å². The smallest absolute Gasteiger partial charge is 0.278 e. The highest BCUT2D eigenvalue weighted by atomic mass is 35.5. The topological polar surface area (TPSA) is 61.5 Å². The molecule has 8 heteroatoms. The van der Waals surface area contributed by atoms with E-state index in [2.05, 4.69) is 15.2 Å². The lowest BCUT2D eigenvalue weighted by molar-refractivity contribution is 0.932. The van der Waals surface area contributed by atoms with Crippen LogP contribution in [0, 0.1) is 4.77 Å². The van der Waals surface area contributed by atoms with Crippen LogP contribution in [-0.4, -0.2) is 15.2 Å². The predicted octanol–water partition coefficient (Wildman–Crippen LogP) is 2.86. The minimum absolute atomic E-state index is 0.168. The van der Waals surface area contributed by atoms with Crippen LogP contribution in [0.1, 0.15) is 0 Å². The van der Waals surface area contributed by atoms with Crippen LogP contribution in [0.3, 0.4) is 0 Å². The molecule has 0 aliphatic carbocycles. The van der Waals surface area contributed by atoms with E-state index < -0.39 is 5.56 Å². The van der Waals surface area contributed by atoms with Crippen LogP contribution < -0.4 is 5.56 Å². The molecule has 78 valence electrons. The van der Waals surface area contributed by atoms with E-state index in [1.54, 1.807) is 6.07 Å². The molecule has 0 aliphatic rings. The molecule has 2 rings (SSSR count). The number of aromatic amines is 2. The van der Waals surface area contributed by atoms with Crippen LogP contribution in [0.4, 0.5) is 0 Å². The van der Waals surface area contributed by atoms with Gasteiger partial charge >= 0.3 is 0 Å². The van der Waals surface area contributed by atoms with Crippen molar-refractivity contribution in [1.82, 2.24) is 15.2 Å². The zero-order chi connectivity index (χ0) is 11.0. The highest BCUT2D eigenvalue weighted by molar-refractivity contribution is 7.71. The van der Waals surface area contributed by atoms with E-state index in [1.807, 2.05) is 0 Å². The van der Waals surface area contributed by atoms with Gasteiger partial charge < -0.3 is 0 Å². The Bertz CT molecular complexity index is 615. The fourth-order valence-corrected chi connectivity index (χ4v) is 2.64. The van der Waals surface area contributed by atoms with Crippen molar-refractivity contribution in [3.8, 4) is 11.3 Å². The maximum atomic E-state index is 11.5. The Hall–Kier alpha value is -0.690. The Morgan fingerprint density at radius 2 is 2.20 bits per heavy atom. The molecule has 0 saturated heterocycles. The van der Waals surface area contributed by atoms with Gasteiger partial charge in [-0.15, -0.1) is 11.3 Å². The van der Waals surface area contributed by atoms with Crippen molar-refractivity contribution < 1.29 is 0 Å². The second-order valence-corrected chi connectivity index (χ2v) is 5.29. The fraction of sp³-hybridized carbons (Fsp3) is 0. The summed E-state index contributed by atoms with van der Waals surface area (Å²) in [6, 6.07) is 1.59. The summed E-state index contributed by atoms with van der Waals surface area (Å²) in [5.41, 5.74) is 0.283. The van der Waals surface area contributed by atoms with Gasteiger partial charge in [-0.25, -0.2) is 0 Å². The molecule has 0 bridgehead atoms. The van der Waals surface area contributed by atoms with Gasteiger partial charge in [-0.05, 0) is 18.3 Å². The number of rotatable bonds is 1. The second kappa shape index (κ2) is 4.05. The Labute approximate surface area is 103 Å². The van der Waals surface area contributed by atoms with Crippen molar-refractivity contribution in [3.63, 3.8) is 0 Å². The largest absolute Gasteiger partial charge is 0.296 e. The summed E-state index contributed by atoms with van der Waals surface area (Å²) in [5, 5.41) is 6.30. The Morgan fingerprint density at radius 3 is 2.73 bits per heavy atom. The third-order valence-electron chi connectivity index (χ3n) is 1.62. The van der Waals surface area contributed by atoms with E-state index in [0.29, 0.717) is 14.2 Å². The van der Waals surface area contributed by atoms with E-state index in [1.165, 1.54) is 11.3 Å². The molecule has 2 aromatic heterocycles. The van der Waals surface area contributed by atoms with E-state index in [9.17, 15) is 4.79 Å². The van der Waals surface area contributed by atoms with E-state index in [0.717, 1.165) is 0 Å². The van der Waals surface area contributed by atoms with Gasteiger partial charge in [-0.2, -0.15) is 5.10 Å². The lowest BCUT2D eigenvalue weighted by Gasteiger charge is -1.95. The van der Waals surface area contributed by atoms with E-state index >= 15 is 0 Å². The summed E-state index contributed by atoms with van der Waals surface area (Å²) in [6.07, 6.45) is 0. The van der Waals surface area contributed by atoms with Crippen LogP contribution in [0.5, 0.6) is 0 Å². The molecule has 0 atom stereocenters. The van der Waals surface area contributed by atoms with Crippen LogP contribution in [0.2, 0.25) is 8.67 Å². The summed E-state index contributed by atoms with van der Waals surface area (Å²) in [5.74, 6) is 0. The van der Waals surface area contributed by atoms with Gasteiger partial charge in [-0.1, -0.05) is 23.2 Å².